The van der Waals surface area contributed by atoms with Gasteiger partial charge in [0.2, 0.25) is 5.91 Å². The Labute approximate surface area is 487 Å². The summed E-state index contributed by atoms with van der Waals surface area (Å²) in [7, 11) is 0. The summed E-state index contributed by atoms with van der Waals surface area (Å²) in [6, 6.07) is 0. The van der Waals surface area contributed by atoms with Gasteiger partial charge in [-0.25, -0.2) is 0 Å². The van der Waals surface area contributed by atoms with Crippen LogP contribution in [0.3, 0.4) is 0 Å². The molecular formula is C50H91N9O25. The summed E-state index contributed by atoms with van der Waals surface area (Å²) in [5, 5.41) is 104. The van der Waals surface area contributed by atoms with E-state index in [2.05, 4.69) is 16.3 Å². The van der Waals surface area contributed by atoms with E-state index in [4.69, 9.17) is 28.7 Å². The average Bonchev–Trinajstić information content (AvgIpc) is 3.12. The summed E-state index contributed by atoms with van der Waals surface area (Å²) in [6.07, 6.45) is 1.19. The molecule has 0 bridgehead atoms. The summed E-state index contributed by atoms with van der Waals surface area (Å²) in [4.78, 5) is 134. The molecule has 1 saturated heterocycles. The van der Waals surface area contributed by atoms with Crippen LogP contribution >= 0.6 is 0 Å². The van der Waals surface area contributed by atoms with Crippen LogP contribution in [0.4, 0.5) is 0 Å². The number of aldehydes is 1. The van der Waals surface area contributed by atoms with Crippen LogP contribution in [0, 0.1) is 0 Å². The van der Waals surface area contributed by atoms with Gasteiger partial charge in [-0.05, 0) is 25.7 Å². The second kappa shape index (κ2) is 41.7. The monoisotopic (exact) mass is 1220 g/mol. The smallest absolute Gasteiger partial charge is 0.317 e. The minimum atomic E-state index is -1.70. The van der Waals surface area contributed by atoms with Gasteiger partial charge in [-0.15, -0.1) is 0 Å². The van der Waals surface area contributed by atoms with E-state index in [1.165, 1.54) is 14.7 Å². The van der Waals surface area contributed by atoms with Crippen LogP contribution in [0.25, 0.3) is 0 Å². The third kappa shape index (κ3) is 31.8. The van der Waals surface area contributed by atoms with Crippen molar-refractivity contribution in [1.29, 1.82) is 0 Å². The van der Waals surface area contributed by atoms with E-state index in [0.29, 0.717) is 32.2 Å². The van der Waals surface area contributed by atoms with Gasteiger partial charge in [0.05, 0.1) is 85.6 Å². The first-order valence-electron chi connectivity index (χ1n) is 27.3. The Kier molecular flexibility index (Phi) is 38.1. The molecule has 0 saturated carbocycles. The van der Waals surface area contributed by atoms with E-state index in [1.54, 1.807) is 9.96 Å². The van der Waals surface area contributed by atoms with Gasteiger partial charge in [-0.3, -0.25) is 57.9 Å². The number of esters is 3. The van der Waals surface area contributed by atoms with Crippen LogP contribution in [-0.2, 0) is 71.9 Å². The van der Waals surface area contributed by atoms with Crippen LogP contribution < -0.4 is 16.3 Å². The fourth-order valence-corrected chi connectivity index (χ4v) is 8.65. The Morgan fingerprint density at radius 2 is 0.952 bits per heavy atom. The molecule has 84 heavy (non-hydrogen) atoms. The van der Waals surface area contributed by atoms with Crippen molar-refractivity contribution >= 4 is 54.0 Å². The van der Waals surface area contributed by atoms with Gasteiger partial charge in [-0.1, -0.05) is 0 Å². The quantitative estimate of drug-likeness (QED) is 0.00885. The highest BCUT2D eigenvalue weighted by molar-refractivity contribution is 5.77. The predicted molar refractivity (Wildman–Crippen MR) is 289 cm³/mol. The van der Waals surface area contributed by atoms with Crippen LogP contribution in [0.1, 0.15) is 59.3 Å². The lowest BCUT2D eigenvalue weighted by Gasteiger charge is -2.45. The standard InChI is InChI=1S/C50H91N9O25/c1-39(67)79-36-47(30-61,31-62)51-42(70)8-13-55(10-5-20-60)17-19-59(84-23-4-9-50(58(26-45(75)76)27-46(77)78)28-56(24-43(71)72)14-15-57(29-50)25-44(73)74)18-16-54(11-6-21-82-52-48(32-63,33-64)37-80-40(2)68)12-7-22-83-53-49(34-65,35-66)38-81-41(3)69/h20,52-53,61-66H,4-19,21-38H2,1-3H3,(H,51,70)(H,71,72)(H,73,74)(H,75,76)(H,77,78). The molecule has 0 aromatic rings. The number of nitrogens with zero attached hydrogens (tertiary/aromatic N) is 6. The Hall–Kier alpha value is -5.25. The molecule has 1 aliphatic rings. The largest absolute Gasteiger partial charge is 0.480 e. The highest BCUT2D eigenvalue weighted by Gasteiger charge is 2.44. The maximum Gasteiger partial charge on any atom is 0.317 e. The molecule has 0 aliphatic carbocycles. The Morgan fingerprint density at radius 1 is 0.536 bits per heavy atom. The van der Waals surface area contributed by atoms with Gasteiger partial charge < -0.3 is 94.9 Å². The number of aliphatic hydroxyl groups excluding tert-OH is 6. The van der Waals surface area contributed by atoms with Crippen LogP contribution in [0.5, 0.6) is 0 Å². The number of aliphatic carboxylic acids is 4. The molecule has 1 rings (SSSR count). The summed E-state index contributed by atoms with van der Waals surface area (Å²) in [6.45, 7) is -3.65. The molecular weight excluding hydrogens is 1130 g/mol. The number of nitrogens with one attached hydrogen (secondary N) is 3. The molecule has 0 radical (unpaired) electrons. The third-order valence-electron chi connectivity index (χ3n) is 13.3. The molecule has 0 aromatic carbocycles. The Morgan fingerprint density at radius 3 is 1.33 bits per heavy atom. The fraction of sp³-hybridized carbons (Fsp3) is 0.820. The van der Waals surface area contributed by atoms with Crippen molar-refractivity contribution < 1.29 is 123 Å². The van der Waals surface area contributed by atoms with Gasteiger partial charge in [-0.2, -0.15) is 16.0 Å². The second-order valence-corrected chi connectivity index (χ2v) is 20.6. The zero-order valence-corrected chi connectivity index (χ0v) is 48.4. The number of ether oxygens (including phenoxy) is 3. The van der Waals surface area contributed by atoms with Crippen molar-refractivity contribution in [2.45, 2.75) is 81.5 Å². The molecule has 0 aromatic heterocycles. The van der Waals surface area contributed by atoms with Crippen molar-refractivity contribution in [3.8, 4) is 0 Å². The number of carboxylic acids is 4. The highest BCUT2D eigenvalue weighted by atomic mass is 16.7. The zero-order chi connectivity index (χ0) is 63.2. The van der Waals surface area contributed by atoms with E-state index in [9.17, 15) is 94.2 Å². The van der Waals surface area contributed by atoms with E-state index in [0.717, 1.165) is 20.8 Å². The number of carbonyl (C=O) groups excluding carboxylic acids is 5. The van der Waals surface area contributed by atoms with Crippen molar-refractivity contribution in [2.24, 2.45) is 0 Å². The lowest BCUT2D eigenvalue weighted by Crippen LogP contribution is -2.62. The normalized spacial score (nSPS) is 14.4. The lowest BCUT2D eigenvalue weighted by atomic mass is 9.89. The van der Waals surface area contributed by atoms with Gasteiger partial charge in [0, 0.05) is 118 Å². The number of carbonyl (C=O) groups is 9. The number of hydrogen-bond donors (Lipinski definition) is 13. The van der Waals surface area contributed by atoms with E-state index >= 15 is 0 Å². The summed E-state index contributed by atoms with van der Waals surface area (Å²) >= 11 is 0. The zero-order valence-electron chi connectivity index (χ0n) is 48.4. The summed E-state index contributed by atoms with van der Waals surface area (Å²) in [5.74, 6) is -7.91. The number of hydroxylamine groups is 4. The first-order valence-corrected chi connectivity index (χ1v) is 27.3. The fourth-order valence-electron chi connectivity index (χ4n) is 8.65. The van der Waals surface area contributed by atoms with Crippen molar-refractivity contribution in [2.75, 3.05) is 184 Å². The first-order chi connectivity index (χ1) is 39.8. The average molecular weight is 1220 g/mol. The van der Waals surface area contributed by atoms with Crippen LogP contribution in [-0.4, -0.2) is 341 Å². The van der Waals surface area contributed by atoms with Crippen molar-refractivity contribution in [1.82, 2.24) is 45.8 Å². The van der Waals surface area contributed by atoms with E-state index in [1.807, 2.05) is 4.90 Å². The topological polar surface area (TPSA) is 467 Å². The van der Waals surface area contributed by atoms with Gasteiger partial charge in [0.1, 0.15) is 42.7 Å². The van der Waals surface area contributed by atoms with Crippen molar-refractivity contribution in [3.05, 3.63) is 0 Å². The van der Waals surface area contributed by atoms with Crippen LogP contribution in [0.2, 0.25) is 0 Å². The number of rotatable bonds is 51. The van der Waals surface area contributed by atoms with E-state index < -0.39 is 155 Å². The van der Waals surface area contributed by atoms with Crippen molar-refractivity contribution in [3.63, 3.8) is 0 Å². The number of amides is 1. The van der Waals surface area contributed by atoms with Gasteiger partial charge >= 0.3 is 41.8 Å². The Balaban J connectivity index is 3.70. The molecule has 13 N–H and O–H groups in total. The molecule has 1 fully saturated rings. The van der Waals surface area contributed by atoms with Gasteiger partial charge in [0.15, 0.2) is 0 Å². The SMILES string of the molecule is CC(=O)OCC(CO)(CO)NOCCCN(CCCONC(CO)(CO)COC(C)=O)CCN(CCN(CCC=O)CCC(=O)NC(CO)(CO)COC(C)=O)OCCCC1(N(CC(=O)O)CC(=O)O)CN(CC(=O)O)CCN(CC(=O)O)C1. The highest BCUT2D eigenvalue weighted by Crippen LogP contribution is 2.28. The maximum atomic E-state index is 13.3. The molecule has 0 spiro atoms. The number of carboxylic acid groups (broad SMARTS) is 4. The number of hydrogen-bond acceptors (Lipinski definition) is 29. The predicted octanol–water partition coefficient (Wildman–Crippen LogP) is -6.62. The second-order valence-electron chi connectivity index (χ2n) is 20.6. The summed E-state index contributed by atoms with van der Waals surface area (Å²) in [5.41, 5.74) is -1.07. The molecule has 34 heteroatoms. The molecule has 1 aliphatic heterocycles. The summed E-state index contributed by atoms with van der Waals surface area (Å²) < 4.78 is 14.9. The minimum Gasteiger partial charge on any atom is -0.480 e. The lowest BCUT2D eigenvalue weighted by molar-refractivity contribution is -0.167. The third-order valence-corrected chi connectivity index (χ3v) is 13.3. The minimum absolute atomic E-state index is 0.000673. The molecule has 0 atom stereocenters. The number of aliphatic hydroxyl groups is 6. The molecule has 486 valence electrons. The molecule has 1 amide bonds. The first kappa shape index (κ1) is 76.8. The molecule has 34 nitrogen and oxygen atoms in total. The molecule has 1 heterocycles. The Bertz CT molecular complexity index is 1900. The van der Waals surface area contributed by atoms with Crippen LogP contribution in [0.15, 0.2) is 0 Å². The molecule has 0 unspecified atom stereocenters. The maximum absolute atomic E-state index is 13.3. The van der Waals surface area contributed by atoms with Gasteiger partial charge in [0.25, 0.3) is 0 Å². The van der Waals surface area contributed by atoms with E-state index in [-0.39, 0.29) is 111 Å².